The van der Waals surface area contributed by atoms with Crippen molar-refractivity contribution < 1.29 is 26.7 Å². The molecule has 0 aliphatic carbocycles. The van der Waals surface area contributed by atoms with E-state index in [4.69, 9.17) is 5.11 Å². The number of sulfone groups is 1. The van der Waals surface area contributed by atoms with Crippen molar-refractivity contribution in [2.75, 3.05) is 17.9 Å². The lowest BCUT2D eigenvalue weighted by Crippen LogP contribution is -2.30. The number of sulfonamides is 1. The molecule has 0 aromatic heterocycles. The number of carbonyl (C=O) groups is 1. The predicted molar refractivity (Wildman–Crippen MR) is 67.4 cm³/mol. The topological polar surface area (TPSA) is 118 Å². The van der Waals surface area contributed by atoms with E-state index in [1.165, 1.54) is 0 Å². The van der Waals surface area contributed by atoms with E-state index < -0.39 is 30.9 Å². The van der Waals surface area contributed by atoms with Crippen LogP contribution in [0.5, 0.6) is 0 Å². The number of hydrogen-bond acceptors (Lipinski definition) is 5. The molecular formula is C9H19NO6S2. The lowest BCUT2D eigenvalue weighted by atomic mass is 10.1. The van der Waals surface area contributed by atoms with E-state index in [0.717, 1.165) is 6.26 Å². The molecule has 0 amide bonds. The molecule has 0 unspecified atom stereocenters. The molecule has 0 rings (SSSR count). The third-order valence-corrected chi connectivity index (χ3v) is 5.61. The zero-order valence-electron chi connectivity index (χ0n) is 10.3. The third kappa shape index (κ3) is 11.8. The van der Waals surface area contributed by atoms with E-state index >= 15 is 0 Å². The van der Waals surface area contributed by atoms with Gasteiger partial charge in [-0.15, -0.1) is 0 Å². The van der Waals surface area contributed by atoms with Crippen LogP contribution in [0.4, 0.5) is 0 Å². The molecule has 0 radical (unpaired) electrons. The van der Waals surface area contributed by atoms with Crippen molar-refractivity contribution in [1.29, 1.82) is 0 Å². The van der Waals surface area contributed by atoms with Gasteiger partial charge in [0.2, 0.25) is 10.0 Å². The van der Waals surface area contributed by atoms with Gasteiger partial charge in [-0.3, -0.25) is 4.79 Å². The van der Waals surface area contributed by atoms with Gasteiger partial charge in [-0.2, -0.15) is 0 Å². The van der Waals surface area contributed by atoms with Crippen molar-refractivity contribution in [1.82, 2.24) is 4.72 Å². The maximum absolute atomic E-state index is 11.3. The van der Waals surface area contributed by atoms with E-state index in [1.54, 1.807) is 0 Å². The van der Waals surface area contributed by atoms with Gasteiger partial charge in [0.15, 0.2) is 14.9 Å². The molecule has 18 heavy (non-hydrogen) atoms. The number of carboxylic acid groups (broad SMARTS) is 1. The second-order valence-electron chi connectivity index (χ2n) is 4.11. The minimum absolute atomic E-state index is 0.111. The second-order valence-corrected chi connectivity index (χ2v) is 8.42. The van der Waals surface area contributed by atoms with Crippen LogP contribution >= 0.6 is 0 Å². The molecule has 0 aromatic carbocycles. The van der Waals surface area contributed by atoms with Crippen LogP contribution in [0.3, 0.4) is 0 Å². The summed E-state index contributed by atoms with van der Waals surface area (Å²) in [5.74, 6) is -0.844. The Bertz CT molecular complexity index is 453. The van der Waals surface area contributed by atoms with Crippen molar-refractivity contribution in [3.8, 4) is 0 Å². The van der Waals surface area contributed by atoms with Crippen LogP contribution in [0.15, 0.2) is 0 Å². The van der Waals surface area contributed by atoms with E-state index in [1.807, 2.05) is 0 Å². The third-order valence-electron chi connectivity index (χ3n) is 2.01. The number of unbranched alkanes of at least 4 members (excludes halogenated alkanes) is 3. The van der Waals surface area contributed by atoms with Gasteiger partial charge in [-0.25, -0.2) is 21.6 Å². The molecule has 0 saturated carbocycles. The minimum Gasteiger partial charge on any atom is -0.481 e. The molecule has 0 heterocycles. The fourth-order valence-electron chi connectivity index (χ4n) is 1.31. The van der Waals surface area contributed by atoms with E-state index in [2.05, 4.69) is 4.72 Å². The average Bonchev–Trinajstić information content (AvgIpc) is 2.11. The Labute approximate surface area is 108 Å². The summed E-state index contributed by atoms with van der Waals surface area (Å²) in [5.41, 5.74) is 0. The fourth-order valence-corrected chi connectivity index (χ4v) is 4.35. The number of carboxylic acids is 1. The first-order chi connectivity index (χ1) is 8.12. The quantitative estimate of drug-likeness (QED) is 0.546. The summed E-state index contributed by atoms with van der Waals surface area (Å²) in [6, 6.07) is 0. The first-order valence-corrected chi connectivity index (χ1v) is 9.20. The molecule has 108 valence electrons. The Kier molecular flexibility index (Phi) is 7.41. The van der Waals surface area contributed by atoms with Gasteiger partial charge in [0.25, 0.3) is 0 Å². The Balaban J connectivity index is 3.69. The van der Waals surface area contributed by atoms with Crippen LogP contribution in [-0.4, -0.2) is 45.8 Å². The number of nitrogens with one attached hydrogen (secondary N) is 1. The molecular weight excluding hydrogens is 282 g/mol. The molecule has 2 N–H and O–H groups in total. The lowest BCUT2D eigenvalue weighted by Gasteiger charge is -2.05. The highest BCUT2D eigenvalue weighted by molar-refractivity contribution is 8.06. The summed E-state index contributed by atoms with van der Waals surface area (Å²) in [4.78, 5) is 10.2. The van der Waals surface area contributed by atoms with Gasteiger partial charge in [0.05, 0.1) is 0 Å². The Morgan fingerprint density at radius 2 is 1.61 bits per heavy atom. The van der Waals surface area contributed by atoms with Gasteiger partial charge in [-0.1, -0.05) is 12.8 Å². The SMILES string of the molecule is CS(=O)(=O)CS(=O)(=O)NCCCCCCC(=O)O. The highest BCUT2D eigenvalue weighted by Crippen LogP contribution is 2.02. The molecule has 0 saturated heterocycles. The molecule has 0 atom stereocenters. The normalized spacial score (nSPS) is 12.5. The van der Waals surface area contributed by atoms with Crippen molar-refractivity contribution in [2.45, 2.75) is 32.1 Å². The maximum atomic E-state index is 11.3. The van der Waals surface area contributed by atoms with Gasteiger partial charge in [0.1, 0.15) is 0 Å². The number of rotatable bonds is 10. The smallest absolute Gasteiger partial charge is 0.303 e. The molecule has 9 heteroatoms. The zero-order valence-corrected chi connectivity index (χ0v) is 11.9. The summed E-state index contributed by atoms with van der Waals surface area (Å²) >= 11 is 0. The summed E-state index contributed by atoms with van der Waals surface area (Å²) in [5, 5.41) is 7.48. The Hall–Kier alpha value is -0.670. The van der Waals surface area contributed by atoms with Gasteiger partial charge in [-0.05, 0) is 12.8 Å². The van der Waals surface area contributed by atoms with Gasteiger partial charge < -0.3 is 5.11 Å². The minimum atomic E-state index is -3.78. The summed E-state index contributed by atoms with van der Waals surface area (Å²) in [7, 11) is -7.34. The molecule has 0 bridgehead atoms. The van der Waals surface area contributed by atoms with Gasteiger partial charge >= 0.3 is 5.97 Å². The monoisotopic (exact) mass is 301 g/mol. The van der Waals surface area contributed by atoms with Crippen LogP contribution in [0.2, 0.25) is 0 Å². The van der Waals surface area contributed by atoms with E-state index in [9.17, 15) is 21.6 Å². The highest BCUT2D eigenvalue weighted by atomic mass is 32.3. The van der Waals surface area contributed by atoms with Crippen LogP contribution in [-0.2, 0) is 24.7 Å². The summed E-state index contributed by atoms with van der Waals surface area (Å²) < 4.78 is 46.3. The molecule has 0 fully saturated rings. The van der Waals surface area contributed by atoms with Crippen molar-refractivity contribution in [3.63, 3.8) is 0 Å². The molecule has 0 spiro atoms. The standard InChI is InChI=1S/C9H19NO6S2/c1-17(13,14)8-18(15,16)10-7-5-3-2-4-6-9(11)12/h10H,2-8H2,1H3,(H,11,12). The summed E-state index contributed by atoms with van der Waals surface area (Å²) in [6.45, 7) is 0.172. The second kappa shape index (κ2) is 7.70. The molecule has 0 aliphatic rings. The number of aliphatic carboxylic acids is 1. The van der Waals surface area contributed by atoms with Crippen LogP contribution in [0.1, 0.15) is 32.1 Å². The Morgan fingerprint density at radius 3 is 2.11 bits per heavy atom. The summed E-state index contributed by atoms with van der Waals surface area (Å²) in [6.07, 6.45) is 3.50. The first-order valence-electron chi connectivity index (χ1n) is 5.49. The first kappa shape index (κ1) is 17.3. The van der Waals surface area contributed by atoms with Crippen LogP contribution in [0, 0.1) is 0 Å². The zero-order chi connectivity index (χ0) is 14.2. The van der Waals surface area contributed by atoms with E-state index in [0.29, 0.717) is 25.7 Å². The fraction of sp³-hybridized carbons (Fsp3) is 0.889. The van der Waals surface area contributed by atoms with Gasteiger partial charge in [0, 0.05) is 19.2 Å². The Morgan fingerprint density at radius 1 is 1.06 bits per heavy atom. The van der Waals surface area contributed by atoms with Crippen LogP contribution in [0.25, 0.3) is 0 Å². The predicted octanol–water partition coefficient (Wildman–Crippen LogP) is -0.0570. The van der Waals surface area contributed by atoms with Crippen molar-refractivity contribution in [2.24, 2.45) is 0 Å². The average molecular weight is 301 g/mol. The highest BCUT2D eigenvalue weighted by Gasteiger charge is 2.16. The van der Waals surface area contributed by atoms with Crippen molar-refractivity contribution >= 4 is 25.8 Å². The van der Waals surface area contributed by atoms with Crippen LogP contribution < -0.4 is 4.72 Å². The lowest BCUT2D eigenvalue weighted by molar-refractivity contribution is -0.137. The molecule has 0 aliphatic heterocycles. The van der Waals surface area contributed by atoms with E-state index in [-0.39, 0.29) is 13.0 Å². The number of hydrogen-bond donors (Lipinski definition) is 2. The van der Waals surface area contributed by atoms with Crippen molar-refractivity contribution in [3.05, 3.63) is 0 Å². The maximum Gasteiger partial charge on any atom is 0.303 e. The molecule has 0 aromatic rings. The largest absolute Gasteiger partial charge is 0.481 e. The molecule has 7 nitrogen and oxygen atoms in total.